The van der Waals surface area contributed by atoms with Gasteiger partial charge in [0.05, 0.1) is 36.3 Å². The Labute approximate surface area is 300 Å². The molecule has 50 heavy (non-hydrogen) atoms. The molecule has 1 aliphatic carbocycles. The number of nitrogens with zero attached hydrogens (tertiary/aromatic N) is 4. The molecule has 1 unspecified atom stereocenters. The van der Waals surface area contributed by atoms with Crippen molar-refractivity contribution in [3.05, 3.63) is 94.5 Å². The highest BCUT2D eigenvalue weighted by molar-refractivity contribution is 7.92. The summed E-state index contributed by atoms with van der Waals surface area (Å²) in [5.41, 5.74) is 4.08. The standard InChI is InChI=1S/C38H46ClN5O5S/c1-26-10-13-31(39)19-28(26)8-6-7-27-23-44-24-30-11-14-33(30)35(48-2)9-4-3-5-18-50(47,42-37(45)21-32-22-40-16-17-41-32)43-38(46)29-12-15-36(49-25-27)34(44)20-29/h4,9-10,12-13,15-17,19-20,22,27,30,33,35H,3,5-8,11,14,18,21,23-25H2,1-2H3,(H,42,43,45,46,47)/b9-4+/t27-,30+,33-,35+,50?/m1/s1. The zero-order valence-corrected chi connectivity index (χ0v) is 30.3. The van der Waals surface area contributed by atoms with Crippen LogP contribution in [0.4, 0.5) is 5.69 Å². The van der Waals surface area contributed by atoms with Gasteiger partial charge in [-0.15, -0.1) is 4.36 Å². The number of benzene rings is 2. The summed E-state index contributed by atoms with van der Waals surface area (Å²) in [5.74, 6) is 0.625. The molecule has 0 spiro atoms. The highest BCUT2D eigenvalue weighted by atomic mass is 35.5. The summed E-state index contributed by atoms with van der Waals surface area (Å²) in [6.45, 7) is 4.28. The van der Waals surface area contributed by atoms with Gasteiger partial charge in [-0.25, -0.2) is 4.21 Å². The fourth-order valence-corrected chi connectivity index (χ4v) is 8.99. The highest BCUT2D eigenvalue weighted by Crippen LogP contribution is 2.42. The van der Waals surface area contributed by atoms with E-state index in [1.54, 1.807) is 13.2 Å². The monoisotopic (exact) mass is 719 g/mol. The van der Waals surface area contributed by atoms with E-state index >= 15 is 0 Å². The van der Waals surface area contributed by atoms with Crippen LogP contribution in [0.3, 0.4) is 0 Å². The van der Waals surface area contributed by atoms with Gasteiger partial charge in [0.25, 0.3) is 5.91 Å². The van der Waals surface area contributed by atoms with Crippen LogP contribution in [-0.4, -0.2) is 64.7 Å². The number of hydrogen-bond acceptors (Lipinski definition) is 8. The predicted molar refractivity (Wildman–Crippen MR) is 196 cm³/mol. The minimum atomic E-state index is -3.44. The van der Waals surface area contributed by atoms with Crippen LogP contribution in [0.1, 0.15) is 65.7 Å². The van der Waals surface area contributed by atoms with E-state index in [4.69, 9.17) is 21.1 Å². The molecule has 1 N–H and O–H groups in total. The lowest BCUT2D eigenvalue weighted by molar-refractivity contribution is -0.118. The molecule has 6 rings (SSSR count). The quantitative estimate of drug-likeness (QED) is 0.260. The van der Waals surface area contributed by atoms with Crippen LogP contribution in [0, 0.1) is 24.7 Å². The van der Waals surface area contributed by atoms with Crippen molar-refractivity contribution in [2.45, 2.75) is 64.4 Å². The van der Waals surface area contributed by atoms with E-state index in [0.29, 0.717) is 48.3 Å². The molecule has 266 valence electrons. The number of amides is 2. The number of rotatable bonds is 8. The zero-order chi connectivity index (χ0) is 35.1. The van der Waals surface area contributed by atoms with Crippen molar-refractivity contribution in [3.63, 3.8) is 0 Å². The Bertz CT molecular complexity index is 1830. The van der Waals surface area contributed by atoms with Crippen LogP contribution in [0.25, 0.3) is 0 Å². The van der Waals surface area contributed by atoms with E-state index in [2.05, 4.69) is 55.2 Å². The third-order valence-electron chi connectivity index (χ3n) is 10.1. The summed E-state index contributed by atoms with van der Waals surface area (Å²) in [6.07, 6.45) is 14.7. The van der Waals surface area contributed by atoms with Crippen LogP contribution in [0.2, 0.25) is 5.02 Å². The number of carbonyl (C=O) groups is 2. The molecule has 3 aromatic rings. The van der Waals surface area contributed by atoms with Crippen molar-refractivity contribution in [2.75, 3.05) is 37.5 Å². The molecule has 2 aromatic carbocycles. The molecule has 10 nitrogen and oxygen atoms in total. The molecular weight excluding hydrogens is 674 g/mol. The number of halogens is 1. The van der Waals surface area contributed by atoms with Crippen LogP contribution in [0.15, 0.2) is 71.5 Å². The SMILES string of the molecule is CO[C@H]1/C=C/CCCS(=O)(NC(=O)Cc2cnccn2)=NC(=O)c2ccc3c(c2)N(C[C@@H](CCCc2cc(Cl)ccc2C)CO3)C[C@@H]2CC[C@H]21. The van der Waals surface area contributed by atoms with Crippen molar-refractivity contribution in [2.24, 2.45) is 22.1 Å². The average molecular weight is 720 g/mol. The number of methoxy groups -OCH3 is 1. The first-order chi connectivity index (χ1) is 24.2. The van der Waals surface area contributed by atoms with Gasteiger partial charge >= 0.3 is 0 Å². The minimum Gasteiger partial charge on any atom is -0.491 e. The highest BCUT2D eigenvalue weighted by Gasteiger charge is 2.38. The zero-order valence-electron chi connectivity index (χ0n) is 28.8. The Balaban J connectivity index is 1.27. The molecule has 3 heterocycles. The first kappa shape index (κ1) is 36.0. The largest absolute Gasteiger partial charge is 0.491 e. The molecule has 1 fully saturated rings. The Kier molecular flexibility index (Phi) is 11.9. The third kappa shape index (κ3) is 9.10. The summed E-state index contributed by atoms with van der Waals surface area (Å²) >= 11 is 6.29. The van der Waals surface area contributed by atoms with Gasteiger partial charge in [0, 0.05) is 55.3 Å². The number of fused-ring (bicyclic) bond motifs is 2. The Morgan fingerprint density at radius 1 is 1.16 bits per heavy atom. The van der Waals surface area contributed by atoms with E-state index in [0.717, 1.165) is 55.9 Å². The van der Waals surface area contributed by atoms with E-state index < -0.39 is 21.7 Å². The normalized spacial score (nSPS) is 26.0. The van der Waals surface area contributed by atoms with Crippen molar-refractivity contribution in [3.8, 4) is 5.75 Å². The second kappa shape index (κ2) is 16.5. The van der Waals surface area contributed by atoms with Crippen LogP contribution < -0.4 is 14.4 Å². The van der Waals surface area contributed by atoms with Crippen LogP contribution in [-0.2, 0) is 32.3 Å². The summed E-state index contributed by atoms with van der Waals surface area (Å²) in [6, 6.07) is 11.4. The number of aryl methyl sites for hydroxylation is 2. The number of nitrogens with one attached hydrogen (secondary N) is 1. The Morgan fingerprint density at radius 2 is 2.04 bits per heavy atom. The summed E-state index contributed by atoms with van der Waals surface area (Å²) in [5, 5.41) is 0.757. The first-order valence-electron chi connectivity index (χ1n) is 17.5. The summed E-state index contributed by atoms with van der Waals surface area (Å²) in [4.78, 5) is 37.2. The number of carbonyl (C=O) groups excluding carboxylic acids is 2. The first-order valence-corrected chi connectivity index (χ1v) is 19.6. The second-order valence-electron chi connectivity index (χ2n) is 13.6. The third-order valence-corrected chi connectivity index (χ3v) is 12.2. The Hall–Kier alpha value is -3.80. The molecule has 0 saturated heterocycles. The maximum atomic E-state index is 14.1. The van der Waals surface area contributed by atoms with Crippen LogP contribution >= 0.6 is 11.6 Å². The van der Waals surface area contributed by atoms with Gasteiger partial charge in [0.1, 0.15) is 15.7 Å². The number of anilines is 1. The smallest absolute Gasteiger partial charge is 0.286 e. The number of allylic oxidation sites excluding steroid dienone is 1. The predicted octanol–water partition coefficient (Wildman–Crippen LogP) is 6.55. The fourth-order valence-electron chi connectivity index (χ4n) is 7.19. The lowest BCUT2D eigenvalue weighted by Gasteiger charge is -2.43. The molecule has 0 radical (unpaired) electrons. The van der Waals surface area contributed by atoms with E-state index in [-0.39, 0.29) is 24.2 Å². The van der Waals surface area contributed by atoms with Crippen LogP contribution in [0.5, 0.6) is 5.75 Å². The van der Waals surface area contributed by atoms with Gasteiger partial charge in [0.2, 0.25) is 5.91 Å². The molecule has 2 aliphatic heterocycles. The van der Waals surface area contributed by atoms with Crippen molar-refractivity contribution >= 4 is 39.0 Å². The summed E-state index contributed by atoms with van der Waals surface area (Å²) in [7, 11) is -1.69. The number of ether oxygens (including phenoxy) is 2. The van der Waals surface area contributed by atoms with Gasteiger partial charge in [0.15, 0.2) is 0 Å². The van der Waals surface area contributed by atoms with Crippen molar-refractivity contribution in [1.29, 1.82) is 0 Å². The number of aromatic nitrogens is 2. The molecule has 5 atom stereocenters. The summed E-state index contributed by atoms with van der Waals surface area (Å²) < 4.78 is 33.3. The Morgan fingerprint density at radius 3 is 2.82 bits per heavy atom. The number of hydrogen-bond donors (Lipinski definition) is 1. The second-order valence-corrected chi connectivity index (χ2v) is 16.2. The average Bonchev–Trinajstić information content (AvgIpc) is 3.26. The van der Waals surface area contributed by atoms with E-state index in [1.165, 1.54) is 29.7 Å². The molecule has 3 aliphatic rings. The van der Waals surface area contributed by atoms with E-state index in [1.807, 2.05) is 18.2 Å². The molecule has 2 amide bonds. The molecule has 2 bridgehead atoms. The van der Waals surface area contributed by atoms with Crippen molar-refractivity contribution < 1.29 is 23.3 Å². The van der Waals surface area contributed by atoms with Gasteiger partial charge in [-0.2, -0.15) is 0 Å². The van der Waals surface area contributed by atoms with Crippen molar-refractivity contribution in [1.82, 2.24) is 14.7 Å². The topological polar surface area (TPSA) is 123 Å². The van der Waals surface area contributed by atoms with Gasteiger partial charge in [-0.3, -0.25) is 24.3 Å². The fraction of sp³-hybridized carbons (Fsp3) is 0.474. The molecular formula is C38H46ClN5O5S. The maximum absolute atomic E-state index is 14.1. The lowest BCUT2D eigenvalue weighted by atomic mass is 9.70. The molecule has 12 heteroatoms. The van der Waals surface area contributed by atoms with Gasteiger partial charge in [-0.1, -0.05) is 29.8 Å². The molecule has 1 saturated carbocycles. The van der Waals surface area contributed by atoms with Gasteiger partial charge < -0.3 is 14.4 Å². The minimum absolute atomic E-state index is 0.0234. The van der Waals surface area contributed by atoms with Gasteiger partial charge in [-0.05, 0) is 105 Å². The lowest BCUT2D eigenvalue weighted by Crippen LogP contribution is -2.44. The van der Waals surface area contributed by atoms with E-state index in [9.17, 15) is 13.8 Å². The maximum Gasteiger partial charge on any atom is 0.286 e. The molecule has 1 aromatic heterocycles.